The van der Waals surface area contributed by atoms with Gasteiger partial charge in [-0.05, 0) is 6.42 Å². The van der Waals surface area contributed by atoms with Gasteiger partial charge in [0.05, 0.1) is 6.20 Å². The van der Waals surface area contributed by atoms with E-state index in [1.807, 2.05) is 6.07 Å². The first-order valence-electron chi connectivity index (χ1n) is 3.92. The first-order valence-corrected chi connectivity index (χ1v) is 3.92. The summed E-state index contributed by atoms with van der Waals surface area (Å²) < 4.78 is 1.39. The van der Waals surface area contributed by atoms with E-state index >= 15 is 0 Å². The Labute approximate surface area is 79.7 Å². The van der Waals surface area contributed by atoms with Crippen LogP contribution in [0.4, 0.5) is 0 Å². The Morgan fingerprint density at radius 1 is 1.86 bits per heavy atom. The minimum Gasteiger partial charge on any atom is -0.480 e. The van der Waals surface area contributed by atoms with E-state index in [4.69, 9.17) is 16.1 Å². The lowest BCUT2D eigenvalue weighted by Crippen LogP contribution is -2.31. The van der Waals surface area contributed by atoms with Crippen molar-refractivity contribution in [1.29, 1.82) is 5.26 Å². The molecule has 0 aliphatic rings. The average Bonchev–Trinajstić information content (AvgIpc) is 2.61. The van der Waals surface area contributed by atoms with Crippen molar-refractivity contribution in [3.05, 3.63) is 11.9 Å². The standard InChI is InChI=1S/C7H9N5O2/c8-3-5-4-12(11-10-5)2-1-6(9)7(13)14/h4,6H,1-2,9H2,(H,13,14). The summed E-state index contributed by atoms with van der Waals surface area (Å²) in [6.45, 7) is 0.335. The molecule has 1 unspecified atom stereocenters. The third kappa shape index (κ3) is 2.53. The Bertz CT molecular complexity index is 366. The minimum atomic E-state index is -1.05. The molecule has 1 aromatic rings. The molecule has 0 aliphatic carbocycles. The molecule has 0 amide bonds. The highest BCUT2D eigenvalue weighted by Gasteiger charge is 2.11. The molecule has 74 valence electrons. The molecule has 0 bridgehead atoms. The van der Waals surface area contributed by atoms with Crippen molar-refractivity contribution >= 4 is 5.97 Å². The maximum Gasteiger partial charge on any atom is 0.320 e. The summed E-state index contributed by atoms with van der Waals surface area (Å²) in [5, 5.41) is 24.1. The SMILES string of the molecule is N#Cc1cn(CCC(N)C(=O)O)nn1. The summed E-state index contributed by atoms with van der Waals surface area (Å²) in [6, 6.07) is 0.903. The van der Waals surface area contributed by atoms with E-state index in [2.05, 4.69) is 10.3 Å². The van der Waals surface area contributed by atoms with Crippen LogP contribution in [0.15, 0.2) is 6.20 Å². The molecule has 0 aromatic carbocycles. The van der Waals surface area contributed by atoms with Gasteiger partial charge in [-0.2, -0.15) is 5.26 Å². The van der Waals surface area contributed by atoms with Crippen LogP contribution < -0.4 is 5.73 Å². The fourth-order valence-corrected chi connectivity index (χ4v) is 0.854. The van der Waals surface area contributed by atoms with Gasteiger partial charge in [0.1, 0.15) is 12.1 Å². The normalized spacial score (nSPS) is 12.0. The van der Waals surface area contributed by atoms with E-state index in [9.17, 15) is 4.79 Å². The zero-order valence-corrected chi connectivity index (χ0v) is 7.29. The molecule has 7 nitrogen and oxygen atoms in total. The molecule has 0 aliphatic heterocycles. The maximum absolute atomic E-state index is 10.4. The number of carboxylic acids is 1. The summed E-state index contributed by atoms with van der Waals surface area (Å²) in [5.74, 6) is -1.05. The van der Waals surface area contributed by atoms with Gasteiger partial charge in [0.25, 0.3) is 0 Å². The van der Waals surface area contributed by atoms with Crippen LogP contribution in [0.5, 0.6) is 0 Å². The predicted octanol–water partition coefficient (Wildman–Crippen LogP) is -1.05. The van der Waals surface area contributed by atoms with Gasteiger partial charge in [0, 0.05) is 6.54 Å². The van der Waals surface area contributed by atoms with Crippen LogP contribution >= 0.6 is 0 Å². The molecular formula is C7H9N5O2. The van der Waals surface area contributed by atoms with Crippen molar-refractivity contribution in [2.45, 2.75) is 19.0 Å². The molecule has 7 heteroatoms. The van der Waals surface area contributed by atoms with Crippen molar-refractivity contribution in [2.75, 3.05) is 0 Å². The zero-order chi connectivity index (χ0) is 10.6. The Hall–Kier alpha value is -1.94. The maximum atomic E-state index is 10.4. The fraction of sp³-hybridized carbons (Fsp3) is 0.429. The van der Waals surface area contributed by atoms with E-state index in [1.54, 1.807) is 0 Å². The topological polar surface area (TPSA) is 118 Å². The molecule has 3 N–H and O–H groups in total. The molecule has 1 rings (SSSR count). The van der Waals surface area contributed by atoms with E-state index < -0.39 is 12.0 Å². The van der Waals surface area contributed by atoms with Gasteiger partial charge in [-0.1, -0.05) is 5.21 Å². The molecule has 0 spiro atoms. The van der Waals surface area contributed by atoms with Gasteiger partial charge < -0.3 is 10.8 Å². The number of aromatic nitrogens is 3. The third-order valence-electron chi connectivity index (χ3n) is 1.64. The van der Waals surface area contributed by atoms with Crippen LogP contribution in [0, 0.1) is 11.3 Å². The molecule has 14 heavy (non-hydrogen) atoms. The zero-order valence-electron chi connectivity index (χ0n) is 7.29. The Kier molecular flexibility index (Phi) is 3.14. The summed E-state index contributed by atoms with van der Waals surface area (Å²) in [6.07, 6.45) is 1.69. The van der Waals surface area contributed by atoms with Gasteiger partial charge in [-0.25, -0.2) is 0 Å². The summed E-state index contributed by atoms with van der Waals surface area (Å²) in [5.41, 5.74) is 5.48. The molecular weight excluding hydrogens is 186 g/mol. The van der Waals surface area contributed by atoms with Gasteiger partial charge in [-0.15, -0.1) is 5.10 Å². The van der Waals surface area contributed by atoms with Crippen molar-refractivity contribution in [3.63, 3.8) is 0 Å². The number of nitrogens with zero attached hydrogens (tertiary/aromatic N) is 4. The highest BCUT2D eigenvalue weighted by molar-refractivity contribution is 5.72. The van der Waals surface area contributed by atoms with Crippen molar-refractivity contribution in [2.24, 2.45) is 5.73 Å². The number of hydrogen-bond acceptors (Lipinski definition) is 5. The van der Waals surface area contributed by atoms with Crippen LogP contribution in [0.3, 0.4) is 0 Å². The van der Waals surface area contributed by atoms with Crippen LogP contribution in [0.1, 0.15) is 12.1 Å². The summed E-state index contributed by atoms with van der Waals surface area (Å²) in [7, 11) is 0. The number of aryl methyl sites for hydroxylation is 1. The number of carboxylic acid groups (broad SMARTS) is 1. The van der Waals surface area contributed by atoms with E-state index in [-0.39, 0.29) is 12.1 Å². The van der Waals surface area contributed by atoms with Crippen LogP contribution in [0.2, 0.25) is 0 Å². The molecule has 0 saturated heterocycles. The number of nitrogens with two attached hydrogens (primary N) is 1. The minimum absolute atomic E-state index is 0.203. The molecule has 1 aromatic heterocycles. The molecule has 0 saturated carbocycles. The number of rotatable bonds is 4. The van der Waals surface area contributed by atoms with E-state index in [1.165, 1.54) is 10.9 Å². The van der Waals surface area contributed by atoms with Crippen LogP contribution in [0.25, 0.3) is 0 Å². The molecule has 1 atom stereocenters. The first kappa shape index (κ1) is 10.1. The Morgan fingerprint density at radius 2 is 2.57 bits per heavy atom. The van der Waals surface area contributed by atoms with Crippen LogP contribution in [-0.4, -0.2) is 32.1 Å². The Morgan fingerprint density at radius 3 is 3.07 bits per heavy atom. The quantitative estimate of drug-likeness (QED) is 0.633. The second kappa shape index (κ2) is 4.34. The fourth-order valence-electron chi connectivity index (χ4n) is 0.854. The molecule has 1 heterocycles. The van der Waals surface area contributed by atoms with Gasteiger partial charge in [-0.3, -0.25) is 9.48 Å². The van der Waals surface area contributed by atoms with E-state index in [0.29, 0.717) is 6.54 Å². The largest absolute Gasteiger partial charge is 0.480 e. The lowest BCUT2D eigenvalue weighted by atomic mass is 10.2. The summed E-state index contributed by atoms with van der Waals surface area (Å²) in [4.78, 5) is 10.4. The number of aliphatic carboxylic acids is 1. The predicted molar refractivity (Wildman–Crippen MR) is 45.0 cm³/mol. The second-order valence-electron chi connectivity index (χ2n) is 2.71. The Balaban J connectivity index is 2.46. The van der Waals surface area contributed by atoms with E-state index in [0.717, 1.165) is 0 Å². The summed E-state index contributed by atoms with van der Waals surface area (Å²) >= 11 is 0. The second-order valence-corrected chi connectivity index (χ2v) is 2.71. The van der Waals surface area contributed by atoms with Gasteiger partial charge >= 0.3 is 5.97 Å². The third-order valence-corrected chi connectivity index (χ3v) is 1.64. The highest BCUT2D eigenvalue weighted by atomic mass is 16.4. The first-order chi connectivity index (χ1) is 6.63. The van der Waals surface area contributed by atoms with Crippen molar-refractivity contribution in [1.82, 2.24) is 15.0 Å². The average molecular weight is 195 g/mol. The lowest BCUT2D eigenvalue weighted by molar-refractivity contribution is -0.138. The number of nitriles is 1. The molecule has 0 fully saturated rings. The number of carbonyl (C=O) groups is 1. The van der Waals surface area contributed by atoms with Crippen LogP contribution in [-0.2, 0) is 11.3 Å². The van der Waals surface area contributed by atoms with Crippen molar-refractivity contribution < 1.29 is 9.90 Å². The van der Waals surface area contributed by atoms with Gasteiger partial charge in [0.15, 0.2) is 5.69 Å². The lowest BCUT2D eigenvalue weighted by Gasteiger charge is -2.04. The van der Waals surface area contributed by atoms with Crippen molar-refractivity contribution in [3.8, 4) is 6.07 Å². The molecule has 0 radical (unpaired) electrons. The highest BCUT2D eigenvalue weighted by Crippen LogP contribution is 1.95. The monoisotopic (exact) mass is 195 g/mol. The number of hydrogen-bond donors (Lipinski definition) is 2. The smallest absolute Gasteiger partial charge is 0.320 e. The van der Waals surface area contributed by atoms with Gasteiger partial charge in [0.2, 0.25) is 0 Å².